The summed E-state index contributed by atoms with van der Waals surface area (Å²) in [4.78, 5) is 4.84. The summed E-state index contributed by atoms with van der Waals surface area (Å²) in [5.74, 6) is 0. The number of fused-ring (bicyclic) bond motifs is 5. The molecule has 0 unspecified atom stereocenters. The van der Waals surface area contributed by atoms with E-state index in [-0.39, 0.29) is 0 Å². The number of nitrogens with zero attached hydrogens (tertiary/aromatic N) is 2. The lowest BCUT2D eigenvalue weighted by Gasteiger charge is -2.36. The molecule has 57 heavy (non-hydrogen) atoms. The topological polar surface area (TPSA) is 6.48 Å². The molecule has 0 radical (unpaired) electrons. The minimum atomic E-state index is -0.633. The molecule has 0 spiro atoms. The van der Waals surface area contributed by atoms with Gasteiger partial charge in [0.05, 0.1) is 11.1 Å². The average Bonchev–Trinajstić information content (AvgIpc) is 3.56. The van der Waals surface area contributed by atoms with Crippen molar-refractivity contribution in [3.8, 4) is 11.1 Å². The molecule has 1 aliphatic carbocycles. The highest BCUT2D eigenvalue weighted by Crippen LogP contribution is 2.60. The van der Waals surface area contributed by atoms with Crippen LogP contribution in [-0.4, -0.2) is 0 Å². The Bertz CT molecular complexity index is 2830. The Morgan fingerprint density at radius 1 is 0.333 bits per heavy atom. The van der Waals surface area contributed by atoms with E-state index >= 15 is 0 Å². The van der Waals surface area contributed by atoms with Crippen LogP contribution in [0.15, 0.2) is 218 Å². The van der Waals surface area contributed by atoms with Gasteiger partial charge in [0.1, 0.15) is 0 Å². The van der Waals surface area contributed by atoms with Gasteiger partial charge in [-0.05, 0) is 130 Å². The molecule has 9 aromatic rings. The number of hydrogen-bond acceptors (Lipinski definition) is 2. The van der Waals surface area contributed by atoms with Crippen LogP contribution in [0.4, 0.5) is 34.1 Å². The van der Waals surface area contributed by atoms with E-state index < -0.39 is 5.41 Å². The van der Waals surface area contributed by atoms with Crippen molar-refractivity contribution < 1.29 is 0 Å². The molecule has 9 aromatic carbocycles. The zero-order valence-corrected chi connectivity index (χ0v) is 32.2. The SMILES string of the molecule is Cc1cccc(N(c2ccccc2)c2ccc3c(c2)C(c2ccccc2)(c2ccccc2)c2cc(N(c4ccccc4)c4cccc(C)c4)c4ccccc4c2-3)c1. The van der Waals surface area contributed by atoms with Gasteiger partial charge in [-0.1, -0.05) is 152 Å². The molecule has 0 saturated carbocycles. The van der Waals surface area contributed by atoms with E-state index in [1.165, 1.54) is 55.3 Å². The van der Waals surface area contributed by atoms with Crippen molar-refractivity contribution in [2.75, 3.05) is 9.80 Å². The molecule has 0 aromatic heterocycles. The summed E-state index contributed by atoms with van der Waals surface area (Å²) in [6.45, 7) is 4.34. The van der Waals surface area contributed by atoms with E-state index in [2.05, 4.69) is 242 Å². The van der Waals surface area contributed by atoms with Crippen molar-refractivity contribution in [2.45, 2.75) is 19.3 Å². The Hall–Kier alpha value is -7.16. The summed E-state index contributed by atoms with van der Waals surface area (Å²) < 4.78 is 0. The van der Waals surface area contributed by atoms with Crippen LogP contribution in [0, 0.1) is 13.8 Å². The van der Waals surface area contributed by atoms with Gasteiger partial charge in [0.2, 0.25) is 0 Å². The largest absolute Gasteiger partial charge is 0.310 e. The van der Waals surface area contributed by atoms with Crippen molar-refractivity contribution in [2.24, 2.45) is 0 Å². The van der Waals surface area contributed by atoms with E-state index in [0.717, 1.165) is 34.1 Å². The molecular formula is C55H42N2. The van der Waals surface area contributed by atoms with Crippen molar-refractivity contribution in [3.63, 3.8) is 0 Å². The Morgan fingerprint density at radius 3 is 1.35 bits per heavy atom. The van der Waals surface area contributed by atoms with Gasteiger partial charge in [0.15, 0.2) is 0 Å². The van der Waals surface area contributed by atoms with Gasteiger partial charge in [-0.25, -0.2) is 0 Å². The van der Waals surface area contributed by atoms with Crippen LogP contribution in [0.2, 0.25) is 0 Å². The smallest absolute Gasteiger partial charge is 0.0715 e. The molecule has 10 rings (SSSR count). The van der Waals surface area contributed by atoms with Crippen molar-refractivity contribution in [1.29, 1.82) is 0 Å². The first-order valence-electron chi connectivity index (χ1n) is 19.8. The lowest BCUT2D eigenvalue weighted by molar-refractivity contribution is 0.769. The van der Waals surface area contributed by atoms with Gasteiger partial charge < -0.3 is 9.80 Å². The molecule has 2 nitrogen and oxygen atoms in total. The van der Waals surface area contributed by atoms with Gasteiger partial charge in [-0.2, -0.15) is 0 Å². The monoisotopic (exact) mass is 730 g/mol. The second kappa shape index (κ2) is 14.2. The van der Waals surface area contributed by atoms with Crippen molar-refractivity contribution >= 4 is 44.9 Å². The average molecular weight is 731 g/mol. The minimum Gasteiger partial charge on any atom is -0.310 e. The fourth-order valence-electron chi connectivity index (χ4n) is 9.20. The third-order valence-corrected chi connectivity index (χ3v) is 11.6. The van der Waals surface area contributed by atoms with Gasteiger partial charge in [0, 0.05) is 33.8 Å². The molecule has 0 heterocycles. The Morgan fingerprint density at radius 2 is 0.789 bits per heavy atom. The standard InChI is InChI=1S/C55H42N2/c1-39-19-17-29-45(35-39)56(43-25-11-5-12-26-43)47-33-34-50-51(37-47)55(41-21-7-3-8-22-41,42-23-9-4-10-24-42)52-38-53(48-31-15-16-32-49(48)54(50)52)57(44-27-13-6-14-28-44)46-30-18-20-40(2)36-46/h3-38H,1-2H3. The molecule has 0 N–H and O–H groups in total. The van der Waals surface area contributed by atoms with E-state index in [0.29, 0.717) is 0 Å². The number of aryl methyl sites for hydroxylation is 2. The van der Waals surface area contributed by atoms with Crippen LogP contribution in [0.1, 0.15) is 33.4 Å². The van der Waals surface area contributed by atoms with Crippen LogP contribution in [0.5, 0.6) is 0 Å². The van der Waals surface area contributed by atoms with Crippen LogP contribution < -0.4 is 9.80 Å². The van der Waals surface area contributed by atoms with E-state index in [9.17, 15) is 0 Å². The lowest BCUT2D eigenvalue weighted by Crippen LogP contribution is -2.29. The second-order valence-corrected chi connectivity index (χ2v) is 15.1. The first kappa shape index (κ1) is 34.3. The number of hydrogen-bond donors (Lipinski definition) is 0. The molecule has 0 bridgehead atoms. The maximum Gasteiger partial charge on any atom is 0.0715 e. The predicted octanol–water partition coefficient (Wildman–Crippen LogP) is 14.8. The summed E-state index contributed by atoms with van der Waals surface area (Å²) in [7, 11) is 0. The van der Waals surface area contributed by atoms with Crippen LogP contribution in [-0.2, 0) is 5.41 Å². The Kier molecular flexibility index (Phi) is 8.53. The van der Waals surface area contributed by atoms with E-state index in [4.69, 9.17) is 0 Å². The molecule has 0 aliphatic heterocycles. The highest BCUT2D eigenvalue weighted by molar-refractivity contribution is 6.11. The van der Waals surface area contributed by atoms with Crippen molar-refractivity contribution in [1.82, 2.24) is 0 Å². The molecular weight excluding hydrogens is 689 g/mol. The third-order valence-electron chi connectivity index (χ3n) is 11.6. The summed E-state index contributed by atoms with van der Waals surface area (Å²) in [5.41, 5.74) is 16.1. The molecule has 0 amide bonds. The molecule has 272 valence electrons. The van der Waals surface area contributed by atoms with Crippen molar-refractivity contribution in [3.05, 3.63) is 252 Å². The van der Waals surface area contributed by atoms with E-state index in [1.807, 2.05) is 0 Å². The maximum absolute atomic E-state index is 2.50. The summed E-state index contributed by atoms with van der Waals surface area (Å²) in [6.07, 6.45) is 0. The number of anilines is 6. The third kappa shape index (κ3) is 5.72. The zero-order valence-electron chi connectivity index (χ0n) is 32.2. The highest BCUT2D eigenvalue weighted by Gasteiger charge is 2.48. The minimum absolute atomic E-state index is 0.633. The fraction of sp³-hybridized carbons (Fsp3) is 0.0545. The lowest BCUT2D eigenvalue weighted by atomic mass is 9.67. The van der Waals surface area contributed by atoms with Gasteiger partial charge in [-0.3, -0.25) is 0 Å². The fourth-order valence-corrected chi connectivity index (χ4v) is 9.20. The normalized spacial score (nSPS) is 12.5. The number of rotatable bonds is 8. The predicted molar refractivity (Wildman–Crippen MR) is 240 cm³/mol. The summed E-state index contributed by atoms with van der Waals surface area (Å²) in [6, 6.07) is 80.2. The number of para-hydroxylation sites is 2. The number of benzene rings is 9. The van der Waals surface area contributed by atoms with E-state index in [1.54, 1.807) is 0 Å². The zero-order chi connectivity index (χ0) is 38.3. The highest BCUT2D eigenvalue weighted by atomic mass is 15.1. The van der Waals surface area contributed by atoms with Crippen LogP contribution >= 0.6 is 0 Å². The van der Waals surface area contributed by atoms with Gasteiger partial charge >= 0.3 is 0 Å². The van der Waals surface area contributed by atoms with Gasteiger partial charge in [-0.15, -0.1) is 0 Å². The van der Waals surface area contributed by atoms with Crippen LogP contribution in [0.3, 0.4) is 0 Å². The molecule has 0 atom stereocenters. The van der Waals surface area contributed by atoms with Crippen LogP contribution in [0.25, 0.3) is 21.9 Å². The maximum atomic E-state index is 2.50. The summed E-state index contributed by atoms with van der Waals surface area (Å²) >= 11 is 0. The summed E-state index contributed by atoms with van der Waals surface area (Å²) in [5, 5.41) is 2.44. The molecule has 1 aliphatic rings. The Labute approximate surface area is 335 Å². The second-order valence-electron chi connectivity index (χ2n) is 15.1. The molecule has 2 heteroatoms. The van der Waals surface area contributed by atoms with Gasteiger partial charge in [0.25, 0.3) is 0 Å². The Balaban J connectivity index is 1.33. The first-order valence-corrected chi connectivity index (χ1v) is 19.8. The molecule has 0 saturated heterocycles. The quantitative estimate of drug-likeness (QED) is 0.154. The molecule has 0 fully saturated rings. The first-order chi connectivity index (χ1) is 28.1.